The maximum absolute atomic E-state index is 11.4. The van der Waals surface area contributed by atoms with Crippen LogP contribution in [0.5, 0.6) is 0 Å². The number of aliphatic hydroxyl groups is 1. The van der Waals surface area contributed by atoms with Crippen LogP contribution in [0.2, 0.25) is 5.02 Å². The second-order valence-electron chi connectivity index (χ2n) is 2.64. The van der Waals surface area contributed by atoms with Crippen molar-refractivity contribution in [2.75, 3.05) is 13.2 Å². The van der Waals surface area contributed by atoms with Crippen LogP contribution >= 0.6 is 27.5 Å². The fourth-order valence-electron chi connectivity index (χ4n) is 0.956. The van der Waals surface area contributed by atoms with Crippen molar-refractivity contribution in [2.24, 2.45) is 0 Å². The summed E-state index contributed by atoms with van der Waals surface area (Å²) in [7, 11) is 0. The van der Waals surface area contributed by atoms with Gasteiger partial charge in [-0.3, -0.25) is 4.79 Å². The van der Waals surface area contributed by atoms with Gasteiger partial charge in [-0.2, -0.15) is 0 Å². The Morgan fingerprint density at radius 2 is 2.21 bits per heavy atom. The van der Waals surface area contributed by atoms with Gasteiger partial charge in [0.05, 0.1) is 6.61 Å². The lowest BCUT2D eigenvalue weighted by Crippen LogP contribution is -2.26. The summed E-state index contributed by atoms with van der Waals surface area (Å²) in [6.07, 6.45) is 0. The van der Waals surface area contributed by atoms with Crippen LogP contribution in [0.4, 0.5) is 0 Å². The molecule has 0 heterocycles. The number of carbonyl (C=O) groups excluding carboxylic acids is 1. The van der Waals surface area contributed by atoms with Crippen LogP contribution in [0.3, 0.4) is 0 Å². The molecule has 1 aromatic rings. The predicted octanol–water partition coefficient (Wildman–Crippen LogP) is 1.82. The highest BCUT2D eigenvalue weighted by Crippen LogP contribution is 2.19. The zero-order valence-electron chi connectivity index (χ0n) is 7.26. The van der Waals surface area contributed by atoms with Gasteiger partial charge in [0.1, 0.15) is 0 Å². The second-order valence-corrected chi connectivity index (χ2v) is 3.99. The van der Waals surface area contributed by atoms with E-state index < -0.39 is 0 Å². The van der Waals surface area contributed by atoms with Crippen molar-refractivity contribution in [3.8, 4) is 0 Å². The van der Waals surface area contributed by atoms with Crippen LogP contribution in [0, 0.1) is 0 Å². The highest BCUT2D eigenvalue weighted by Gasteiger charge is 2.06. The van der Waals surface area contributed by atoms with Crippen LogP contribution in [0.1, 0.15) is 10.4 Å². The highest BCUT2D eigenvalue weighted by molar-refractivity contribution is 9.10. The van der Waals surface area contributed by atoms with Gasteiger partial charge >= 0.3 is 0 Å². The highest BCUT2D eigenvalue weighted by atomic mass is 79.9. The van der Waals surface area contributed by atoms with Gasteiger partial charge in [0.25, 0.3) is 5.91 Å². The van der Waals surface area contributed by atoms with E-state index in [0.29, 0.717) is 10.6 Å². The molecule has 0 atom stereocenters. The Morgan fingerprint density at radius 3 is 2.79 bits per heavy atom. The Labute approximate surface area is 95.2 Å². The van der Waals surface area contributed by atoms with Gasteiger partial charge in [-0.25, -0.2) is 0 Å². The molecule has 0 aliphatic carbocycles. The molecule has 1 rings (SSSR count). The first kappa shape index (κ1) is 11.5. The van der Waals surface area contributed by atoms with Crippen molar-refractivity contribution in [3.63, 3.8) is 0 Å². The maximum atomic E-state index is 11.4. The summed E-state index contributed by atoms with van der Waals surface area (Å²) in [5.74, 6) is -0.248. The zero-order valence-corrected chi connectivity index (χ0v) is 9.60. The average Bonchev–Trinajstić information content (AvgIpc) is 2.12. The van der Waals surface area contributed by atoms with Crippen molar-refractivity contribution in [1.82, 2.24) is 5.32 Å². The van der Waals surface area contributed by atoms with Gasteiger partial charge in [-0.15, -0.1) is 0 Å². The quantitative estimate of drug-likeness (QED) is 0.886. The molecule has 76 valence electrons. The Morgan fingerprint density at radius 1 is 1.50 bits per heavy atom. The van der Waals surface area contributed by atoms with E-state index in [1.165, 1.54) is 0 Å². The molecule has 0 radical (unpaired) electrons. The first-order valence-corrected chi connectivity index (χ1v) is 5.15. The van der Waals surface area contributed by atoms with Crippen molar-refractivity contribution in [3.05, 3.63) is 33.3 Å². The summed E-state index contributed by atoms with van der Waals surface area (Å²) < 4.78 is 0.749. The Kier molecular flexibility index (Phi) is 4.38. The van der Waals surface area contributed by atoms with E-state index in [1.54, 1.807) is 18.2 Å². The lowest BCUT2D eigenvalue weighted by atomic mass is 10.2. The lowest BCUT2D eigenvalue weighted by Gasteiger charge is -2.04. The smallest absolute Gasteiger partial charge is 0.251 e. The van der Waals surface area contributed by atoms with Gasteiger partial charge < -0.3 is 10.4 Å². The SMILES string of the molecule is O=C(NCCO)c1cc(Cl)cc(Br)c1. The summed E-state index contributed by atoms with van der Waals surface area (Å²) in [5.41, 5.74) is 0.470. The number of benzene rings is 1. The zero-order chi connectivity index (χ0) is 10.6. The van der Waals surface area contributed by atoms with Crippen LogP contribution < -0.4 is 5.32 Å². The van der Waals surface area contributed by atoms with E-state index in [9.17, 15) is 4.79 Å². The molecule has 0 aliphatic rings. The van der Waals surface area contributed by atoms with Crippen LogP contribution in [0.25, 0.3) is 0 Å². The summed E-state index contributed by atoms with van der Waals surface area (Å²) in [5, 5.41) is 11.5. The molecule has 1 aromatic carbocycles. The third-order valence-electron chi connectivity index (χ3n) is 1.52. The first-order valence-electron chi connectivity index (χ1n) is 3.98. The fraction of sp³-hybridized carbons (Fsp3) is 0.222. The number of hydrogen-bond acceptors (Lipinski definition) is 2. The van der Waals surface area contributed by atoms with Gasteiger partial charge in [-0.1, -0.05) is 27.5 Å². The van der Waals surface area contributed by atoms with Crippen molar-refractivity contribution >= 4 is 33.4 Å². The molecule has 0 aromatic heterocycles. The number of amides is 1. The predicted molar refractivity (Wildman–Crippen MR) is 58.6 cm³/mol. The standard InChI is InChI=1S/C9H9BrClNO2/c10-7-3-6(4-8(11)5-7)9(14)12-1-2-13/h3-5,13H,1-2H2,(H,12,14). The second kappa shape index (κ2) is 5.34. The number of nitrogens with one attached hydrogen (secondary N) is 1. The maximum Gasteiger partial charge on any atom is 0.251 e. The number of hydrogen-bond donors (Lipinski definition) is 2. The molecule has 1 amide bonds. The molecule has 14 heavy (non-hydrogen) atoms. The van der Waals surface area contributed by atoms with Gasteiger partial charge in [0.15, 0.2) is 0 Å². The molecule has 3 nitrogen and oxygen atoms in total. The fourth-order valence-corrected chi connectivity index (χ4v) is 1.82. The van der Waals surface area contributed by atoms with Crippen LogP contribution in [-0.4, -0.2) is 24.2 Å². The van der Waals surface area contributed by atoms with Crippen molar-refractivity contribution in [2.45, 2.75) is 0 Å². The van der Waals surface area contributed by atoms with E-state index in [1.807, 2.05) is 0 Å². The number of rotatable bonds is 3. The van der Waals surface area contributed by atoms with Crippen molar-refractivity contribution in [1.29, 1.82) is 0 Å². The molecule has 0 saturated carbocycles. The molecule has 0 spiro atoms. The lowest BCUT2D eigenvalue weighted by molar-refractivity contribution is 0.0944. The van der Waals surface area contributed by atoms with Crippen LogP contribution in [-0.2, 0) is 0 Å². The molecule has 0 saturated heterocycles. The third kappa shape index (κ3) is 3.29. The van der Waals surface area contributed by atoms with Gasteiger partial charge in [-0.05, 0) is 18.2 Å². The van der Waals surface area contributed by atoms with E-state index in [-0.39, 0.29) is 19.1 Å². The molecular weight excluding hydrogens is 269 g/mol. The van der Waals surface area contributed by atoms with E-state index in [0.717, 1.165) is 4.47 Å². The summed E-state index contributed by atoms with van der Waals surface area (Å²) in [4.78, 5) is 11.4. The molecule has 0 aliphatic heterocycles. The van der Waals surface area contributed by atoms with Crippen molar-refractivity contribution < 1.29 is 9.90 Å². The molecule has 0 bridgehead atoms. The Hall–Kier alpha value is -0.580. The van der Waals surface area contributed by atoms with Gasteiger partial charge in [0, 0.05) is 21.6 Å². The molecule has 0 fully saturated rings. The minimum absolute atomic E-state index is 0.0759. The minimum atomic E-state index is -0.248. The third-order valence-corrected chi connectivity index (χ3v) is 2.20. The monoisotopic (exact) mass is 277 g/mol. The molecular formula is C9H9BrClNO2. The number of carbonyl (C=O) groups is 1. The van der Waals surface area contributed by atoms with Crippen LogP contribution in [0.15, 0.2) is 22.7 Å². The average molecular weight is 279 g/mol. The van der Waals surface area contributed by atoms with E-state index in [4.69, 9.17) is 16.7 Å². The first-order chi connectivity index (χ1) is 6.63. The van der Waals surface area contributed by atoms with Gasteiger partial charge in [0.2, 0.25) is 0 Å². The Bertz CT molecular complexity index is 323. The molecule has 0 unspecified atom stereocenters. The molecule has 5 heteroatoms. The minimum Gasteiger partial charge on any atom is -0.395 e. The number of aliphatic hydroxyl groups excluding tert-OH is 1. The summed E-state index contributed by atoms with van der Waals surface area (Å²) >= 11 is 9.00. The van der Waals surface area contributed by atoms with E-state index in [2.05, 4.69) is 21.2 Å². The summed E-state index contributed by atoms with van der Waals surface area (Å²) in [6, 6.07) is 4.93. The summed E-state index contributed by atoms with van der Waals surface area (Å²) in [6.45, 7) is 0.163. The largest absolute Gasteiger partial charge is 0.395 e. The topological polar surface area (TPSA) is 49.3 Å². The normalized spacial score (nSPS) is 9.93. The Balaban J connectivity index is 2.79. The molecule has 2 N–H and O–H groups in total. The number of halogens is 2. The van der Waals surface area contributed by atoms with E-state index >= 15 is 0 Å².